The largest absolute Gasteiger partial charge is 0.478 e. The van der Waals surface area contributed by atoms with Crippen molar-refractivity contribution in [2.45, 2.75) is 38.5 Å². The maximum atomic E-state index is 12.5. The highest BCUT2D eigenvalue weighted by Crippen LogP contribution is 2.37. The molecule has 6 nitrogen and oxygen atoms in total. The lowest BCUT2D eigenvalue weighted by Crippen LogP contribution is -2.45. The van der Waals surface area contributed by atoms with Gasteiger partial charge in [0.05, 0.1) is 12.1 Å². The van der Waals surface area contributed by atoms with Crippen molar-refractivity contribution in [1.29, 1.82) is 0 Å². The molecule has 2 aromatic carbocycles. The molecule has 2 heterocycles. The maximum absolute atomic E-state index is 12.5. The summed E-state index contributed by atoms with van der Waals surface area (Å²) in [5.74, 6) is -0.574. The number of piperidine rings is 1. The van der Waals surface area contributed by atoms with Crippen LogP contribution in [0.4, 0.5) is 4.79 Å². The number of carbonyl (C=O) groups excluding carboxylic acids is 1. The fourth-order valence-corrected chi connectivity index (χ4v) is 4.64. The number of nitrogens with zero attached hydrogens (tertiary/aromatic N) is 2. The molecule has 1 atom stereocenters. The highest BCUT2D eigenvalue weighted by Gasteiger charge is 2.47. The lowest BCUT2D eigenvalue weighted by molar-refractivity contribution is -0.00713. The molecule has 0 aromatic heterocycles. The van der Waals surface area contributed by atoms with E-state index in [0.29, 0.717) is 24.6 Å². The topological polar surface area (TPSA) is 70.1 Å². The van der Waals surface area contributed by atoms with Gasteiger partial charge in [-0.1, -0.05) is 42.5 Å². The molecule has 0 radical (unpaired) electrons. The molecule has 4 rings (SSSR count). The Balaban J connectivity index is 1.33. The number of likely N-dealkylation sites (tertiary alicyclic amines) is 1. The van der Waals surface area contributed by atoms with Crippen LogP contribution in [-0.4, -0.2) is 52.2 Å². The van der Waals surface area contributed by atoms with Crippen LogP contribution in [0.1, 0.15) is 41.3 Å². The van der Waals surface area contributed by atoms with Crippen LogP contribution in [0, 0.1) is 5.92 Å². The van der Waals surface area contributed by atoms with E-state index in [9.17, 15) is 14.7 Å². The second-order valence-corrected chi connectivity index (χ2v) is 8.58. The Hall–Kier alpha value is -2.86. The molecule has 2 aliphatic heterocycles. The van der Waals surface area contributed by atoms with Gasteiger partial charge in [-0.15, -0.1) is 0 Å². The van der Waals surface area contributed by atoms with Gasteiger partial charge in [0.15, 0.2) is 0 Å². The maximum Gasteiger partial charge on any atom is 0.410 e. The second-order valence-electron chi connectivity index (χ2n) is 8.58. The molecule has 1 amide bonds. The van der Waals surface area contributed by atoms with Crippen LogP contribution in [0.15, 0.2) is 54.6 Å². The molecule has 0 unspecified atom stereocenters. The van der Waals surface area contributed by atoms with Crippen molar-refractivity contribution in [2.75, 3.05) is 19.6 Å². The number of benzene rings is 2. The first-order valence-electron chi connectivity index (χ1n) is 10.5. The van der Waals surface area contributed by atoms with Crippen LogP contribution in [0.25, 0.3) is 0 Å². The number of hydrogen-bond acceptors (Lipinski definition) is 4. The molecular weight excluding hydrogens is 380 g/mol. The third-order valence-electron chi connectivity index (χ3n) is 6.33. The molecule has 30 heavy (non-hydrogen) atoms. The summed E-state index contributed by atoms with van der Waals surface area (Å²) in [4.78, 5) is 27.8. The van der Waals surface area contributed by atoms with Crippen molar-refractivity contribution in [2.24, 2.45) is 5.92 Å². The Morgan fingerprint density at radius 3 is 2.47 bits per heavy atom. The van der Waals surface area contributed by atoms with Gasteiger partial charge in [-0.05, 0) is 56.1 Å². The number of ether oxygens (including phenoxy) is 1. The molecule has 0 spiro atoms. The van der Waals surface area contributed by atoms with Crippen molar-refractivity contribution in [1.82, 2.24) is 9.80 Å². The average molecular weight is 408 g/mol. The van der Waals surface area contributed by atoms with E-state index in [1.54, 1.807) is 23.1 Å². The summed E-state index contributed by atoms with van der Waals surface area (Å²) >= 11 is 0. The Morgan fingerprint density at radius 1 is 1.07 bits per heavy atom. The van der Waals surface area contributed by atoms with E-state index in [2.05, 4.69) is 11.8 Å². The fraction of sp³-hybridized carbons (Fsp3) is 0.417. The number of amides is 1. The van der Waals surface area contributed by atoms with Gasteiger partial charge in [-0.25, -0.2) is 9.59 Å². The van der Waals surface area contributed by atoms with Gasteiger partial charge in [0.2, 0.25) is 0 Å². The van der Waals surface area contributed by atoms with Crippen LogP contribution in [0.2, 0.25) is 0 Å². The highest BCUT2D eigenvalue weighted by molar-refractivity contribution is 5.87. The first kappa shape index (κ1) is 20.4. The number of cyclic esters (lactones) is 1. The van der Waals surface area contributed by atoms with Gasteiger partial charge in [0.1, 0.15) is 5.60 Å². The second kappa shape index (κ2) is 8.48. The van der Waals surface area contributed by atoms with E-state index in [1.807, 2.05) is 36.4 Å². The van der Waals surface area contributed by atoms with Crippen molar-refractivity contribution in [3.05, 3.63) is 71.3 Å². The first-order valence-corrected chi connectivity index (χ1v) is 10.5. The molecule has 2 saturated heterocycles. The van der Waals surface area contributed by atoms with Crippen LogP contribution in [-0.2, 0) is 17.8 Å². The highest BCUT2D eigenvalue weighted by atomic mass is 16.6. The van der Waals surface area contributed by atoms with Crippen molar-refractivity contribution >= 4 is 12.1 Å². The number of hydrogen-bond donors (Lipinski definition) is 1. The zero-order valence-corrected chi connectivity index (χ0v) is 17.3. The fourth-order valence-electron chi connectivity index (χ4n) is 4.64. The van der Waals surface area contributed by atoms with E-state index in [-0.39, 0.29) is 6.09 Å². The third kappa shape index (κ3) is 4.49. The van der Waals surface area contributed by atoms with Crippen LogP contribution < -0.4 is 0 Å². The van der Waals surface area contributed by atoms with E-state index < -0.39 is 11.6 Å². The summed E-state index contributed by atoms with van der Waals surface area (Å²) < 4.78 is 5.87. The standard InChI is InChI=1S/C24H28N2O4/c1-24(17-26(23(29)30-24)16-18-6-3-2-4-7-18)21-10-12-25(13-11-21)15-19-8-5-9-20(14-19)22(27)28/h2-9,14,21H,10-13,15-17H2,1H3,(H,27,28)/t24-/m0/s1. The van der Waals surface area contributed by atoms with Crippen LogP contribution in [0.3, 0.4) is 0 Å². The Labute approximate surface area is 177 Å². The number of carboxylic acids is 1. The molecule has 2 aliphatic rings. The van der Waals surface area contributed by atoms with Gasteiger partial charge in [0.25, 0.3) is 0 Å². The van der Waals surface area contributed by atoms with Gasteiger partial charge < -0.3 is 9.84 Å². The van der Waals surface area contributed by atoms with Crippen molar-refractivity contribution in [3.63, 3.8) is 0 Å². The first-order chi connectivity index (χ1) is 14.4. The molecule has 1 N–H and O–H groups in total. The average Bonchev–Trinajstić information content (AvgIpc) is 3.03. The Kier molecular flexibility index (Phi) is 5.77. The number of carboxylic acid groups (broad SMARTS) is 1. The van der Waals surface area contributed by atoms with E-state index >= 15 is 0 Å². The third-order valence-corrected chi connectivity index (χ3v) is 6.33. The van der Waals surface area contributed by atoms with E-state index in [1.165, 1.54) is 0 Å². The molecule has 0 aliphatic carbocycles. The molecule has 0 saturated carbocycles. The van der Waals surface area contributed by atoms with Gasteiger partial charge in [0, 0.05) is 19.0 Å². The quantitative estimate of drug-likeness (QED) is 0.782. The molecular formula is C24H28N2O4. The summed E-state index contributed by atoms with van der Waals surface area (Å²) in [5.41, 5.74) is 1.99. The minimum absolute atomic E-state index is 0.228. The molecule has 2 fully saturated rings. The van der Waals surface area contributed by atoms with E-state index in [0.717, 1.165) is 43.6 Å². The number of carbonyl (C=O) groups is 2. The summed E-state index contributed by atoms with van der Waals surface area (Å²) in [6.45, 7) is 5.82. The summed E-state index contributed by atoms with van der Waals surface area (Å²) in [6, 6.07) is 17.1. The Bertz CT molecular complexity index is 908. The van der Waals surface area contributed by atoms with Gasteiger partial charge in [-0.2, -0.15) is 0 Å². The zero-order chi connectivity index (χ0) is 21.1. The molecule has 0 bridgehead atoms. The van der Waals surface area contributed by atoms with Crippen molar-refractivity contribution < 1.29 is 19.4 Å². The normalized spacial score (nSPS) is 22.8. The zero-order valence-electron chi connectivity index (χ0n) is 17.3. The van der Waals surface area contributed by atoms with Crippen LogP contribution >= 0.6 is 0 Å². The van der Waals surface area contributed by atoms with Crippen LogP contribution in [0.5, 0.6) is 0 Å². The number of aromatic carboxylic acids is 1. The lowest BCUT2D eigenvalue weighted by Gasteiger charge is -2.39. The Morgan fingerprint density at radius 2 is 1.77 bits per heavy atom. The van der Waals surface area contributed by atoms with Gasteiger partial charge >= 0.3 is 12.1 Å². The molecule has 2 aromatic rings. The number of rotatable bonds is 6. The van der Waals surface area contributed by atoms with Crippen molar-refractivity contribution in [3.8, 4) is 0 Å². The monoisotopic (exact) mass is 408 g/mol. The SMILES string of the molecule is C[C@@]1(C2CCN(Cc3cccc(C(=O)O)c3)CC2)CN(Cc2ccccc2)C(=O)O1. The minimum atomic E-state index is -0.897. The van der Waals surface area contributed by atoms with E-state index in [4.69, 9.17) is 4.74 Å². The van der Waals surface area contributed by atoms with Gasteiger partial charge in [-0.3, -0.25) is 9.80 Å². The molecule has 158 valence electrons. The predicted octanol–water partition coefficient (Wildman–Crippen LogP) is 4.01. The lowest BCUT2D eigenvalue weighted by atomic mass is 9.81. The summed E-state index contributed by atoms with van der Waals surface area (Å²) in [6.07, 6.45) is 1.69. The summed E-state index contributed by atoms with van der Waals surface area (Å²) in [5, 5.41) is 9.18. The summed E-state index contributed by atoms with van der Waals surface area (Å²) in [7, 11) is 0. The predicted molar refractivity (Wildman–Crippen MR) is 113 cm³/mol. The smallest absolute Gasteiger partial charge is 0.410 e. The minimum Gasteiger partial charge on any atom is -0.478 e. The molecule has 6 heteroatoms.